The van der Waals surface area contributed by atoms with Crippen molar-refractivity contribution in [3.8, 4) is 0 Å². The molecule has 0 aromatic heterocycles. The summed E-state index contributed by atoms with van der Waals surface area (Å²) in [5.41, 5.74) is 2.01. The van der Waals surface area contributed by atoms with Crippen LogP contribution in [0.2, 0.25) is 0 Å². The van der Waals surface area contributed by atoms with Crippen LogP contribution in [0, 0.1) is 5.41 Å². The maximum Gasteiger partial charge on any atom is 0.191 e. The topological polar surface area (TPSA) is 45.7 Å². The SMILES string of the molecule is CCC1(CNC(=NC)NCCC2=CCOCC2)CCCC1.I. The van der Waals surface area contributed by atoms with E-state index in [2.05, 4.69) is 28.6 Å². The molecule has 0 spiro atoms. The molecule has 0 radical (unpaired) electrons. The Morgan fingerprint density at radius 1 is 1.32 bits per heavy atom. The number of nitrogens with one attached hydrogen (secondary N) is 2. The zero-order chi connectivity index (χ0) is 15.0. The second kappa shape index (κ2) is 10.5. The van der Waals surface area contributed by atoms with Crippen LogP contribution in [0.3, 0.4) is 0 Å². The first-order valence-corrected chi connectivity index (χ1v) is 8.48. The van der Waals surface area contributed by atoms with Crippen molar-refractivity contribution in [3.05, 3.63) is 11.6 Å². The maximum atomic E-state index is 5.33. The normalized spacial score (nSPS) is 21.0. The Balaban J connectivity index is 0.00000242. The van der Waals surface area contributed by atoms with Crippen molar-refractivity contribution in [2.45, 2.75) is 51.9 Å². The van der Waals surface area contributed by atoms with Crippen LogP contribution in [-0.2, 0) is 4.74 Å². The molecule has 2 aliphatic rings. The Bertz CT molecular complexity index is 376. The molecule has 2 N–H and O–H groups in total. The molecule has 1 heterocycles. The van der Waals surface area contributed by atoms with E-state index >= 15 is 0 Å². The zero-order valence-corrected chi connectivity index (χ0v) is 16.4. The molecule has 0 amide bonds. The van der Waals surface area contributed by atoms with Crippen molar-refractivity contribution >= 4 is 29.9 Å². The summed E-state index contributed by atoms with van der Waals surface area (Å²) in [5.74, 6) is 0.947. The number of halogens is 1. The predicted octanol–water partition coefficient (Wildman–Crippen LogP) is 3.48. The third-order valence-corrected chi connectivity index (χ3v) is 5.06. The Labute approximate surface area is 152 Å². The molecule has 0 saturated heterocycles. The summed E-state index contributed by atoms with van der Waals surface area (Å²) in [5, 5.41) is 6.97. The molecule has 2 rings (SSSR count). The monoisotopic (exact) mass is 421 g/mol. The fraction of sp³-hybridized carbons (Fsp3) is 0.824. The number of nitrogens with zero attached hydrogens (tertiary/aromatic N) is 1. The minimum Gasteiger partial charge on any atom is -0.377 e. The number of hydrogen-bond acceptors (Lipinski definition) is 2. The van der Waals surface area contributed by atoms with Crippen molar-refractivity contribution in [1.29, 1.82) is 0 Å². The molecule has 22 heavy (non-hydrogen) atoms. The second-order valence-electron chi connectivity index (χ2n) is 6.35. The van der Waals surface area contributed by atoms with E-state index in [0.717, 1.165) is 45.1 Å². The highest BCUT2D eigenvalue weighted by Crippen LogP contribution is 2.40. The van der Waals surface area contributed by atoms with Gasteiger partial charge in [-0.05, 0) is 37.5 Å². The molecule has 0 aromatic rings. The molecule has 5 heteroatoms. The molecule has 1 aliphatic carbocycles. The van der Waals surface area contributed by atoms with Crippen molar-refractivity contribution in [3.63, 3.8) is 0 Å². The van der Waals surface area contributed by atoms with E-state index in [1.807, 2.05) is 7.05 Å². The fourth-order valence-electron chi connectivity index (χ4n) is 3.41. The molecule has 1 saturated carbocycles. The third-order valence-electron chi connectivity index (χ3n) is 5.06. The van der Waals surface area contributed by atoms with Crippen LogP contribution in [0.15, 0.2) is 16.6 Å². The minimum atomic E-state index is 0. The smallest absolute Gasteiger partial charge is 0.191 e. The van der Waals surface area contributed by atoms with Gasteiger partial charge in [0.15, 0.2) is 5.96 Å². The summed E-state index contributed by atoms with van der Waals surface area (Å²) < 4.78 is 5.33. The van der Waals surface area contributed by atoms with Gasteiger partial charge in [0.05, 0.1) is 13.2 Å². The van der Waals surface area contributed by atoms with Crippen LogP contribution in [0.25, 0.3) is 0 Å². The lowest BCUT2D eigenvalue weighted by Gasteiger charge is -2.28. The van der Waals surface area contributed by atoms with Crippen LogP contribution in [0.5, 0.6) is 0 Å². The lowest BCUT2D eigenvalue weighted by Crippen LogP contribution is -2.43. The van der Waals surface area contributed by atoms with E-state index in [1.54, 1.807) is 0 Å². The lowest BCUT2D eigenvalue weighted by molar-refractivity contribution is 0.153. The molecule has 1 fully saturated rings. The van der Waals surface area contributed by atoms with Gasteiger partial charge in [-0.3, -0.25) is 4.99 Å². The van der Waals surface area contributed by atoms with Gasteiger partial charge in [0.25, 0.3) is 0 Å². The molecule has 0 unspecified atom stereocenters. The summed E-state index contributed by atoms with van der Waals surface area (Å²) >= 11 is 0. The molecular weight excluding hydrogens is 389 g/mol. The number of rotatable bonds is 6. The van der Waals surface area contributed by atoms with E-state index in [0.29, 0.717) is 5.41 Å². The van der Waals surface area contributed by atoms with Gasteiger partial charge < -0.3 is 15.4 Å². The van der Waals surface area contributed by atoms with E-state index in [-0.39, 0.29) is 24.0 Å². The summed E-state index contributed by atoms with van der Waals surface area (Å²) in [7, 11) is 1.86. The van der Waals surface area contributed by atoms with Crippen LogP contribution < -0.4 is 10.6 Å². The van der Waals surface area contributed by atoms with E-state index in [4.69, 9.17) is 4.74 Å². The average Bonchev–Trinajstić information content (AvgIpc) is 3.01. The Hall–Kier alpha value is -0.300. The lowest BCUT2D eigenvalue weighted by atomic mass is 9.83. The van der Waals surface area contributed by atoms with Gasteiger partial charge in [-0.1, -0.05) is 31.4 Å². The largest absolute Gasteiger partial charge is 0.377 e. The molecule has 0 atom stereocenters. The van der Waals surface area contributed by atoms with Crippen LogP contribution in [0.4, 0.5) is 0 Å². The number of guanidine groups is 1. The van der Waals surface area contributed by atoms with E-state index in [9.17, 15) is 0 Å². The Morgan fingerprint density at radius 2 is 2.09 bits per heavy atom. The van der Waals surface area contributed by atoms with Gasteiger partial charge in [0.2, 0.25) is 0 Å². The van der Waals surface area contributed by atoms with Gasteiger partial charge >= 0.3 is 0 Å². The maximum absolute atomic E-state index is 5.33. The predicted molar refractivity (Wildman–Crippen MR) is 104 cm³/mol. The Morgan fingerprint density at radius 3 is 2.68 bits per heavy atom. The number of aliphatic imine (C=N–C) groups is 1. The summed E-state index contributed by atoms with van der Waals surface area (Å²) in [4.78, 5) is 4.35. The first kappa shape index (κ1) is 19.7. The highest BCUT2D eigenvalue weighted by molar-refractivity contribution is 14.0. The third kappa shape index (κ3) is 6.07. The van der Waals surface area contributed by atoms with Gasteiger partial charge in [0.1, 0.15) is 0 Å². The van der Waals surface area contributed by atoms with Crippen LogP contribution in [-0.4, -0.2) is 39.3 Å². The zero-order valence-electron chi connectivity index (χ0n) is 14.1. The first-order valence-electron chi connectivity index (χ1n) is 8.48. The van der Waals surface area contributed by atoms with E-state index in [1.165, 1.54) is 37.7 Å². The van der Waals surface area contributed by atoms with Gasteiger partial charge in [-0.2, -0.15) is 0 Å². The van der Waals surface area contributed by atoms with Gasteiger partial charge in [-0.25, -0.2) is 0 Å². The fourth-order valence-corrected chi connectivity index (χ4v) is 3.41. The average molecular weight is 421 g/mol. The van der Waals surface area contributed by atoms with Crippen molar-refractivity contribution in [1.82, 2.24) is 10.6 Å². The molecule has 4 nitrogen and oxygen atoms in total. The summed E-state index contributed by atoms with van der Waals surface area (Å²) in [6.07, 6.45) is 11.1. The molecule has 128 valence electrons. The molecule has 0 aromatic carbocycles. The number of hydrogen-bond donors (Lipinski definition) is 2. The van der Waals surface area contributed by atoms with Crippen LogP contribution >= 0.6 is 24.0 Å². The highest BCUT2D eigenvalue weighted by atomic mass is 127. The summed E-state index contributed by atoms with van der Waals surface area (Å²) in [6, 6.07) is 0. The molecule has 0 bridgehead atoms. The quantitative estimate of drug-likeness (QED) is 0.299. The molecular formula is C17H32IN3O. The van der Waals surface area contributed by atoms with Crippen LogP contribution in [0.1, 0.15) is 51.9 Å². The van der Waals surface area contributed by atoms with E-state index < -0.39 is 0 Å². The number of ether oxygens (including phenoxy) is 1. The Kier molecular flexibility index (Phi) is 9.40. The van der Waals surface area contributed by atoms with Crippen molar-refractivity contribution < 1.29 is 4.74 Å². The van der Waals surface area contributed by atoms with Gasteiger partial charge in [0, 0.05) is 20.1 Å². The second-order valence-corrected chi connectivity index (χ2v) is 6.35. The standard InChI is InChI=1S/C17H31N3O.HI/c1-3-17(9-4-5-10-17)14-20-16(18-2)19-11-6-15-7-12-21-13-8-15;/h7H,3-6,8-14H2,1-2H3,(H2,18,19,20);1H. The van der Waals surface area contributed by atoms with Crippen molar-refractivity contribution in [2.75, 3.05) is 33.4 Å². The first-order chi connectivity index (χ1) is 10.3. The summed E-state index contributed by atoms with van der Waals surface area (Å²) in [6.45, 7) is 5.98. The van der Waals surface area contributed by atoms with Gasteiger partial charge in [-0.15, -0.1) is 24.0 Å². The minimum absolute atomic E-state index is 0. The molecule has 1 aliphatic heterocycles. The van der Waals surface area contributed by atoms with Crippen molar-refractivity contribution in [2.24, 2.45) is 10.4 Å². The highest BCUT2D eigenvalue weighted by Gasteiger charge is 2.31.